The van der Waals surface area contributed by atoms with E-state index in [1.807, 2.05) is 0 Å². The minimum absolute atomic E-state index is 0.117. The molecule has 0 atom stereocenters. The van der Waals surface area contributed by atoms with E-state index >= 15 is 0 Å². The molecule has 8 nitrogen and oxygen atoms in total. The molecule has 0 unspecified atom stereocenters. The fourth-order valence-corrected chi connectivity index (χ4v) is 3.67. The van der Waals surface area contributed by atoms with Crippen LogP contribution in [-0.2, 0) is 24.8 Å². The first-order chi connectivity index (χ1) is 9.37. The Bertz CT molecular complexity index is 588. The minimum Gasteiger partial charge on any atom is -0.481 e. The number of sulfone groups is 1. The van der Waals surface area contributed by atoms with Crippen LogP contribution < -0.4 is 4.72 Å². The Balaban J connectivity index is 2.66. The van der Waals surface area contributed by atoms with Crippen LogP contribution in [0, 0.1) is 5.92 Å². The summed E-state index contributed by atoms with van der Waals surface area (Å²) in [6.07, 6.45) is 1.57. The van der Waals surface area contributed by atoms with Crippen LogP contribution in [0.2, 0.25) is 0 Å². The molecule has 0 spiro atoms. The molecule has 1 rings (SSSR count). The second kappa shape index (κ2) is 6.19. The molecule has 0 aromatic heterocycles. The molecule has 1 saturated heterocycles. The van der Waals surface area contributed by atoms with Gasteiger partial charge >= 0.3 is 5.97 Å². The standard InChI is InChI=1S/C11H22N2O6S2/c1-11(2,20(3,16)17)8-12-21(18,19)13-6-4-9(5-7-13)10(14)15/h9,12H,4-8H2,1-3H3,(H,14,15). The third kappa shape index (κ3) is 4.63. The van der Waals surface area contributed by atoms with Gasteiger partial charge in [-0.15, -0.1) is 0 Å². The highest BCUT2D eigenvalue weighted by Crippen LogP contribution is 2.20. The van der Waals surface area contributed by atoms with Gasteiger partial charge in [0.15, 0.2) is 9.84 Å². The Hall–Kier alpha value is -0.710. The van der Waals surface area contributed by atoms with Crippen LogP contribution in [0.15, 0.2) is 0 Å². The second-order valence-corrected chi connectivity index (χ2v) is 10.3. The predicted molar refractivity (Wildman–Crippen MR) is 77.8 cm³/mol. The van der Waals surface area contributed by atoms with Gasteiger partial charge in [0, 0.05) is 25.9 Å². The molecule has 0 aromatic carbocycles. The molecule has 0 amide bonds. The number of hydrogen-bond acceptors (Lipinski definition) is 5. The summed E-state index contributed by atoms with van der Waals surface area (Å²) in [5, 5.41) is 8.88. The molecule has 0 radical (unpaired) electrons. The zero-order chi connectivity index (χ0) is 16.5. The maximum absolute atomic E-state index is 12.1. The highest BCUT2D eigenvalue weighted by molar-refractivity contribution is 7.92. The van der Waals surface area contributed by atoms with Crippen molar-refractivity contribution in [2.75, 3.05) is 25.9 Å². The van der Waals surface area contributed by atoms with Crippen molar-refractivity contribution in [1.29, 1.82) is 0 Å². The van der Waals surface area contributed by atoms with Crippen LogP contribution >= 0.6 is 0 Å². The van der Waals surface area contributed by atoms with Crippen molar-refractivity contribution in [1.82, 2.24) is 9.03 Å². The number of hydrogen-bond donors (Lipinski definition) is 2. The lowest BCUT2D eigenvalue weighted by Gasteiger charge is -2.31. The zero-order valence-corrected chi connectivity index (χ0v) is 14.0. The molecule has 1 aliphatic rings. The molecule has 10 heteroatoms. The minimum atomic E-state index is -3.80. The molecule has 0 aliphatic carbocycles. The van der Waals surface area contributed by atoms with Gasteiger partial charge < -0.3 is 5.11 Å². The number of aliphatic carboxylic acids is 1. The van der Waals surface area contributed by atoms with Crippen molar-refractivity contribution in [2.24, 2.45) is 5.92 Å². The summed E-state index contributed by atoms with van der Waals surface area (Å²) < 4.78 is 49.6. The van der Waals surface area contributed by atoms with Crippen LogP contribution in [0.1, 0.15) is 26.7 Å². The molecule has 0 bridgehead atoms. The van der Waals surface area contributed by atoms with Crippen molar-refractivity contribution in [3.63, 3.8) is 0 Å². The fraction of sp³-hybridized carbons (Fsp3) is 0.909. The van der Waals surface area contributed by atoms with Gasteiger partial charge in [0.1, 0.15) is 0 Å². The summed E-state index contributed by atoms with van der Waals surface area (Å²) in [6.45, 7) is 2.90. The van der Waals surface area contributed by atoms with E-state index in [4.69, 9.17) is 5.11 Å². The fourth-order valence-electron chi connectivity index (χ4n) is 1.83. The van der Waals surface area contributed by atoms with Gasteiger partial charge in [-0.2, -0.15) is 12.7 Å². The Morgan fingerprint density at radius 2 is 1.71 bits per heavy atom. The number of carbonyl (C=O) groups is 1. The molecule has 21 heavy (non-hydrogen) atoms. The summed E-state index contributed by atoms with van der Waals surface area (Å²) in [5.41, 5.74) is 0. The van der Waals surface area contributed by atoms with Gasteiger partial charge in [-0.1, -0.05) is 0 Å². The average Bonchev–Trinajstić information content (AvgIpc) is 2.35. The second-order valence-electron chi connectivity index (χ2n) is 5.87. The smallest absolute Gasteiger partial charge is 0.306 e. The topological polar surface area (TPSA) is 121 Å². The van der Waals surface area contributed by atoms with E-state index in [9.17, 15) is 21.6 Å². The van der Waals surface area contributed by atoms with E-state index in [-0.39, 0.29) is 32.5 Å². The molecule has 1 aliphatic heterocycles. The van der Waals surface area contributed by atoms with Gasteiger partial charge in [0.2, 0.25) is 0 Å². The van der Waals surface area contributed by atoms with E-state index in [1.165, 1.54) is 13.8 Å². The normalized spacial score (nSPS) is 19.6. The van der Waals surface area contributed by atoms with Gasteiger partial charge in [0.25, 0.3) is 10.2 Å². The summed E-state index contributed by atoms with van der Waals surface area (Å²) in [7, 11) is -7.20. The van der Waals surface area contributed by atoms with Crippen molar-refractivity contribution in [3.05, 3.63) is 0 Å². The monoisotopic (exact) mass is 342 g/mol. The summed E-state index contributed by atoms with van der Waals surface area (Å²) in [6, 6.07) is 0. The quantitative estimate of drug-likeness (QED) is 0.667. The van der Waals surface area contributed by atoms with Crippen LogP contribution in [0.3, 0.4) is 0 Å². The number of piperidine rings is 1. The molecular formula is C11H22N2O6S2. The molecule has 1 fully saturated rings. The first-order valence-electron chi connectivity index (χ1n) is 6.54. The Morgan fingerprint density at radius 1 is 1.24 bits per heavy atom. The van der Waals surface area contributed by atoms with Gasteiger partial charge in [0.05, 0.1) is 10.7 Å². The lowest BCUT2D eigenvalue weighted by atomic mass is 9.99. The highest BCUT2D eigenvalue weighted by atomic mass is 32.2. The van der Waals surface area contributed by atoms with Crippen molar-refractivity contribution < 1.29 is 26.7 Å². The van der Waals surface area contributed by atoms with Crippen LogP contribution in [0.25, 0.3) is 0 Å². The maximum atomic E-state index is 12.1. The van der Waals surface area contributed by atoms with E-state index in [0.29, 0.717) is 0 Å². The van der Waals surface area contributed by atoms with Gasteiger partial charge in [-0.05, 0) is 26.7 Å². The van der Waals surface area contributed by atoms with E-state index in [1.54, 1.807) is 0 Å². The molecular weight excluding hydrogens is 320 g/mol. The maximum Gasteiger partial charge on any atom is 0.306 e. The number of rotatable bonds is 6. The Labute approximate surface area is 125 Å². The molecule has 0 saturated carbocycles. The Kier molecular flexibility index (Phi) is 5.40. The molecule has 2 N–H and O–H groups in total. The predicted octanol–water partition coefficient (Wildman–Crippen LogP) is -0.559. The number of nitrogens with one attached hydrogen (secondary N) is 1. The number of nitrogens with zero attached hydrogens (tertiary/aromatic N) is 1. The van der Waals surface area contributed by atoms with E-state index in [0.717, 1.165) is 10.6 Å². The number of carboxylic acid groups (broad SMARTS) is 1. The van der Waals surface area contributed by atoms with Crippen molar-refractivity contribution in [2.45, 2.75) is 31.4 Å². The third-order valence-electron chi connectivity index (χ3n) is 3.83. The Morgan fingerprint density at radius 3 is 2.10 bits per heavy atom. The summed E-state index contributed by atoms with van der Waals surface area (Å²) in [5.74, 6) is -1.44. The number of carboxylic acids is 1. The zero-order valence-electron chi connectivity index (χ0n) is 12.4. The van der Waals surface area contributed by atoms with Gasteiger partial charge in [-0.3, -0.25) is 4.79 Å². The van der Waals surface area contributed by atoms with Crippen LogP contribution in [0.5, 0.6) is 0 Å². The largest absolute Gasteiger partial charge is 0.481 e. The molecule has 124 valence electrons. The van der Waals surface area contributed by atoms with E-state index < -0.39 is 36.7 Å². The van der Waals surface area contributed by atoms with Crippen molar-refractivity contribution in [3.8, 4) is 0 Å². The molecule has 1 heterocycles. The van der Waals surface area contributed by atoms with Crippen molar-refractivity contribution >= 4 is 26.0 Å². The highest BCUT2D eigenvalue weighted by Gasteiger charge is 2.35. The molecule has 0 aromatic rings. The van der Waals surface area contributed by atoms with Crippen LogP contribution in [-0.4, -0.2) is 62.9 Å². The lowest BCUT2D eigenvalue weighted by Crippen LogP contribution is -2.50. The third-order valence-corrected chi connectivity index (χ3v) is 7.53. The van der Waals surface area contributed by atoms with Crippen LogP contribution in [0.4, 0.5) is 0 Å². The first-order valence-corrected chi connectivity index (χ1v) is 9.87. The van der Waals surface area contributed by atoms with E-state index in [2.05, 4.69) is 4.72 Å². The summed E-state index contributed by atoms with van der Waals surface area (Å²) in [4.78, 5) is 10.8. The SMILES string of the molecule is CC(C)(CNS(=O)(=O)N1CCC(C(=O)O)CC1)S(C)(=O)=O. The summed E-state index contributed by atoms with van der Waals surface area (Å²) >= 11 is 0. The first kappa shape index (κ1) is 18.3. The van der Waals surface area contributed by atoms with Gasteiger partial charge in [-0.25, -0.2) is 13.1 Å². The average molecular weight is 342 g/mol. The lowest BCUT2D eigenvalue weighted by molar-refractivity contribution is -0.142.